The summed E-state index contributed by atoms with van der Waals surface area (Å²) in [5, 5.41) is 7.08. The van der Waals surface area contributed by atoms with E-state index < -0.39 is 11.8 Å². The number of halogens is 1. The fraction of sp³-hybridized carbons (Fsp3) is 0.208. The Morgan fingerprint density at radius 2 is 1.68 bits per heavy atom. The van der Waals surface area contributed by atoms with Crippen molar-refractivity contribution in [3.63, 3.8) is 0 Å². The molecule has 0 radical (unpaired) electrons. The van der Waals surface area contributed by atoms with E-state index >= 15 is 0 Å². The average molecular weight is 437 g/mol. The smallest absolute Gasteiger partial charge is 0.318 e. The maximum Gasteiger partial charge on any atom is 0.329 e. The van der Waals surface area contributed by atoms with E-state index in [1.807, 2.05) is 19.9 Å². The van der Waals surface area contributed by atoms with Gasteiger partial charge < -0.3 is 9.88 Å². The molecular formula is C24H25ClN4O2. The molecule has 0 unspecified atom stereocenters. The van der Waals surface area contributed by atoms with Crippen molar-refractivity contribution in [1.82, 2.24) is 9.99 Å². The standard InChI is InChI=1S/C24H25ClN4O2/c1-14-6-7-15(2)22(10-14)29-17(4)12-19(18(29)5)13-26-28-24(31)23(30)27-21-9-8-20(25)11-16(21)3/h6-13H,1-5H3,(H,27,30)(H,28,31)/b26-13-. The first kappa shape index (κ1) is 22.3. The third kappa shape index (κ3) is 5.03. The molecule has 31 heavy (non-hydrogen) atoms. The number of anilines is 1. The van der Waals surface area contributed by atoms with Crippen molar-refractivity contribution >= 4 is 35.3 Å². The number of benzene rings is 2. The van der Waals surface area contributed by atoms with Crippen LogP contribution in [0.3, 0.4) is 0 Å². The van der Waals surface area contributed by atoms with Crippen molar-refractivity contribution in [2.75, 3.05) is 5.32 Å². The summed E-state index contributed by atoms with van der Waals surface area (Å²) in [5.74, 6) is -1.66. The molecule has 3 rings (SSSR count). The number of amides is 2. The molecule has 2 aromatic carbocycles. The van der Waals surface area contributed by atoms with Gasteiger partial charge in [-0.15, -0.1) is 0 Å². The summed E-state index contributed by atoms with van der Waals surface area (Å²) in [7, 11) is 0. The molecule has 0 saturated carbocycles. The quantitative estimate of drug-likeness (QED) is 0.351. The second-order valence-corrected chi connectivity index (χ2v) is 8.00. The molecule has 6 nitrogen and oxygen atoms in total. The van der Waals surface area contributed by atoms with Gasteiger partial charge in [-0.05, 0) is 81.6 Å². The number of hydrazone groups is 1. The number of carbonyl (C=O) groups excluding carboxylic acids is 2. The zero-order valence-electron chi connectivity index (χ0n) is 18.2. The monoisotopic (exact) mass is 436 g/mol. The van der Waals surface area contributed by atoms with Gasteiger partial charge in [-0.2, -0.15) is 5.10 Å². The first-order valence-electron chi connectivity index (χ1n) is 9.84. The van der Waals surface area contributed by atoms with Crippen LogP contribution in [0.1, 0.15) is 33.6 Å². The molecule has 0 bridgehead atoms. The topological polar surface area (TPSA) is 75.5 Å². The third-order valence-corrected chi connectivity index (χ3v) is 5.32. The number of aryl methyl sites for hydroxylation is 4. The fourth-order valence-electron chi connectivity index (χ4n) is 3.41. The zero-order valence-corrected chi connectivity index (χ0v) is 19.0. The van der Waals surface area contributed by atoms with E-state index in [2.05, 4.69) is 52.5 Å². The van der Waals surface area contributed by atoms with Crippen molar-refractivity contribution < 1.29 is 9.59 Å². The van der Waals surface area contributed by atoms with Crippen molar-refractivity contribution in [2.45, 2.75) is 34.6 Å². The van der Waals surface area contributed by atoms with Gasteiger partial charge in [-0.1, -0.05) is 23.7 Å². The van der Waals surface area contributed by atoms with Crippen molar-refractivity contribution in [2.24, 2.45) is 5.10 Å². The summed E-state index contributed by atoms with van der Waals surface area (Å²) in [6, 6.07) is 13.3. The molecule has 0 aliphatic carbocycles. The van der Waals surface area contributed by atoms with Crippen LogP contribution < -0.4 is 10.7 Å². The minimum absolute atomic E-state index is 0.519. The highest BCUT2D eigenvalue weighted by Gasteiger charge is 2.15. The highest BCUT2D eigenvalue weighted by atomic mass is 35.5. The maximum absolute atomic E-state index is 12.1. The lowest BCUT2D eigenvalue weighted by Gasteiger charge is -2.13. The second kappa shape index (κ2) is 9.18. The summed E-state index contributed by atoms with van der Waals surface area (Å²) in [4.78, 5) is 24.2. The highest BCUT2D eigenvalue weighted by molar-refractivity contribution is 6.39. The molecule has 0 aliphatic rings. The van der Waals surface area contributed by atoms with Crippen LogP contribution in [0.5, 0.6) is 0 Å². The SMILES string of the molecule is Cc1ccc(C)c(-n2c(C)cc(/C=N\NC(=O)C(=O)Nc3ccc(Cl)cc3C)c2C)c1. The Hall–Kier alpha value is -3.38. The summed E-state index contributed by atoms with van der Waals surface area (Å²) >= 11 is 5.91. The molecule has 2 amide bonds. The van der Waals surface area contributed by atoms with Crippen molar-refractivity contribution in [3.05, 3.63) is 81.1 Å². The molecule has 7 heteroatoms. The molecule has 0 atom stereocenters. The van der Waals surface area contributed by atoms with Crippen LogP contribution in [0.15, 0.2) is 47.6 Å². The summed E-state index contributed by atoms with van der Waals surface area (Å²) in [6.07, 6.45) is 1.54. The first-order chi connectivity index (χ1) is 14.7. The van der Waals surface area contributed by atoms with Crippen molar-refractivity contribution in [1.29, 1.82) is 0 Å². The number of nitrogens with zero attached hydrogens (tertiary/aromatic N) is 2. The van der Waals surface area contributed by atoms with Crippen LogP contribution in [-0.4, -0.2) is 22.6 Å². The molecule has 0 aliphatic heterocycles. The van der Waals surface area contributed by atoms with Crippen LogP contribution in [0, 0.1) is 34.6 Å². The lowest BCUT2D eigenvalue weighted by Crippen LogP contribution is -2.32. The molecular weight excluding hydrogens is 412 g/mol. The van der Waals surface area contributed by atoms with Gasteiger partial charge in [-0.25, -0.2) is 5.43 Å². The van der Waals surface area contributed by atoms with E-state index in [-0.39, 0.29) is 0 Å². The molecule has 0 fully saturated rings. The van der Waals surface area contributed by atoms with Gasteiger partial charge in [0.15, 0.2) is 0 Å². The van der Waals surface area contributed by atoms with E-state index in [1.165, 1.54) is 11.1 Å². The van der Waals surface area contributed by atoms with E-state index in [0.29, 0.717) is 10.7 Å². The Kier molecular flexibility index (Phi) is 6.61. The summed E-state index contributed by atoms with van der Waals surface area (Å²) in [6.45, 7) is 9.94. The van der Waals surface area contributed by atoms with E-state index in [0.717, 1.165) is 28.2 Å². The van der Waals surface area contributed by atoms with Gasteiger partial charge in [-0.3, -0.25) is 9.59 Å². The average Bonchev–Trinajstić information content (AvgIpc) is 2.99. The summed E-state index contributed by atoms with van der Waals surface area (Å²) in [5.41, 5.74) is 9.91. The van der Waals surface area contributed by atoms with Gasteiger partial charge in [0.05, 0.1) is 6.21 Å². The van der Waals surface area contributed by atoms with Gasteiger partial charge >= 0.3 is 11.8 Å². The minimum atomic E-state index is -0.853. The first-order valence-corrected chi connectivity index (χ1v) is 10.2. The molecule has 1 heterocycles. The third-order valence-electron chi connectivity index (χ3n) is 5.09. The second-order valence-electron chi connectivity index (χ2n) is 7.56. The van der Waals surface area contributed by atoms with E-state index in [1.54, 1.807) is 31.3 Å². The Balaban J connectivity index is 1.72. The van der Waals surface area contributed by atoms with Gasteiger partial charge in [0.2, 0.25) is 0 Å². The maximum atomic E-state index is 12.1. The number of hydrogen-bond acceptors (Lipinski definition) is 3. The lowest BCUT2D eigenvalue weighted by molar-refractivity contribution is -0.136. The number of nitrogens with one attached hydrogen (secondary N) is 2. The van der Waals surface area contributed by atoms with Crippen LogP contribution >= 0.6 is 11.6 Å². The predicted molar refractivity (Wildman–Crippen MR) is 125 cm³/mol. The number of rotatable bonds is 4. The Labute approximate surface area is 186 Å². The molecule has 2 N–H and O–H groups in total. The number of aromatic nitrogens is 1. The van der Waals surface area contributed by atoms with Gasteiger partial charge in [0.25, 0.3) is 0 Å². The van der Waals surface area contributed by atoms with E-state index in [4.69, 9.17) is 11.6 Å². The minimum Gasteiger partial charge on any atom is -0.318 e. The molecule has 0 spiro atoms. The molecule has 1 aromatic heterocycles. The largest absolute Gasteiger partial charge is 0.329 e. The number of hydrogen-bond donors (Lipinski definition) is 2. The van der Waals surface area contributed by atoms with E-state index in [9.17, 15) is 9.59 Å². The van der Waals surface area contributed by atoms with Crippen LogP contribution in [0.25, 0.3) is 5.69 Å². The Morgan fingerprint density at radius 1 is 0.935 bits per heavy atom. The Bertz CT molecular complexity index is 1190. The van der Waals surface area contributed by atoms with Crippen LogP contribution in [0.4, 0.5) is 5.69 Å². The summed E-state index contributed by atoms with van der Waals surface area (Å²) < 4.78 is 2.15. The normalized spacial score (nSPS) is 11.0. The molecule has 160 valence electrons. The van der Waals surface area contributed by atoms with Crippen LogP contribution in [0.2, 0.25) is 5.02 Å². The Morgan fingerprint density at radius 3 is 2.39 bits per heavy atom. The predicted octanol–water partition coefficient (Wildman–Crippen LogP) is 4.76. The highest BCUT2D eigenvalue weighted by Crippen LogP contribution is 2.23. The van der Waals surface area contributed by atoms with Crippen molar-refractivity contribution in [3.8, 4) is 5.69 Å². The fourth-order valence-corrected chi connectivity index (χ4v) is 3.63. The molecule has 0 saturated heterocycles. The van der Waals surface area contributed by atoms with Crippen LogP contribution in [-0.2, 0) is 9.59 Å². The van der Waals surface area contributed by atoms with Gasteiger partial charge in [0.1, 0.15) is 0 Å². The number of carbonyl (C=O) groups is 2. The zero-order chi connectivity index (χ0) is 22.7. The van der Waals surface area contributed by atoms with Gasteiger partial charge in [0, 0.05) is 33.3 Å². The lowest BCUT2D eigenvalue weighted by atomic mass is 10.1. The molecule has 3 aromatic rings.